The van der Waals surface area contributed by atoms with Crippen LogP contribution in [0.2, 0.25) is 0 Å². The third kappa shape index (κ3) is 2.42. The van der Waals surface area contributed by atoms with Gasteiger partial charge in [-0.1, -0.05) is 0 Å². The molecule has 0 fully saturated rings. The summed E-state index contributed by atoms with van der Waals surface area (Å²) in [5, 5.41) is 8.87. The minimum atomic E-state index is -4.83. The zero-order valence-corrected chi connectivity index (χ0v) is 10.6. The lowest BCUT2D eigenvalue weighted by atomic mass is 10.2. The predicted molar refractivity (Wildman–Crippen MR) is 57.8 cm³/mol. The summed E-state index contributed by atoms with van der Waals surface area (Å²) in [5.74, 6) is -1.80. The Labute approximate surface area is 102 Å². The second kappa shape index (κ2) is 4.89. The highest BCUT2D eigenvalue weighted by atomic mass is 32.2. The molecule has 18 heavy (non-hydrogen) atoms. The molecule has 0 aromatic heterocycles. The van der Waals surface area contributed by atoms with E-state index in [1.165, 1.54) is 0 Å². The Hall–Kier alpha value is -1.70. The summed E-state index contributed by atoms with van der Waals surface area (Å²) in [5.41, 5.74) is -0.548. The summed E-state index contributed by atoms with van der Waals surface area (Å²) >= 11 is 0. The third-order valence-corrected chi connectivity index (χ3v) is 3.71. The summed E-state index contributed by atoms with van der Waals surface area (Å²) in [4.78, 5) is 9.70. The normalized spacial score (nSPS) is 11.0. The number of aromatic hydroxyl groups is 1. The topological polar surface area (TPSA) is 135 Å². The first-order chi connectivity index (χ1) is 8.23. The zero-order chi connectivity index (χ0) is 14.1. The number of rotatable bonds is 4. The summed E-state index contributed by atoms with van der Waals surface area (Å²) in [6, 6.07) is 0.542. The van der Waals surface area contributed by atoms with Crippen molar-refractivity contribution >= 4 is 29.4 Å². The quantitative estimate of drug-likeness (QED) is 0.458. The Kier molecular flexibility index (Phi) is 3.90. The van der Waals surface area contributed by atoms with Crippen LogP contribution >= 0.6 is 7.68 Å². The van der Waals surface area contributed by atoms with E-state index in [2.05, 4.69) is 4.74 Å². The molecule has 10 heteroatoms. The number of hydrogen-bond acceptors (Lipinski definition) is 7. The van der Waals surface area contributed by atoms with Gasteiger partial charge < -0.3 is 9.84 Å². The highest BCUT2D eigenvalue weighted by Crippen LogP contribution is 2.35. The number of carbonyl (C=O) groups is 1. The molecule has 0 spiro atoms. The first-order valence-electron chi connectivity index (χ1n) is 4.25. The van der Waals surface area contributed by atoms with Crippen molar-refractivity contribution in [3.05, 3.63) is 11.6 Å². The van der Waals surface area contributed by atoms with Gasteiger partial charge in [-0.2, -0.15) is 8.42 Å². The van der Waals surface area contributed by atoms with Crippen molar-refractivity contribution in [1.29, 1.82) is 0 Å². The number of carbonyl (C=O) groups excluding carboxylic acids is 1. The van der Waals surface area contributed by atoms with Crippen LogP contribution in [0.1, 0.15) is 10.4 Å². The van der Waals surface area contributed by atoms with Gasteiger partial charge in [0.1, 0.15) is 10.2 Å². The van der Waals surface area contributed by atoms with E-state index in [0.29, 0.717) is 6.07 Å². The van der Waals surface area contributed by atoms with E-state index in [4.69, 9.17) is 4.55 Å². The van der Waals surface area contributed by atoms with Crippen LogP contribution in [0.25, 0.3) is 0 Å². The van der Waals surface area contributed by atoms with Gasteiger partial charge in [-0.05, 0) is 6.07 Å². The fraction of sp³-hybridized carbons (Fsp3) is 0.125. The van der Waals surface area contributed by atoms with E-state index in [1.54, 1.807) is 0 Å². The van der Waals surface area contributed by atoms with Crippen molar-refractivity contribution in [2.75, 3.05) is 7.11 Å². The summed E-state index contributed by atoms with van der Waals surface area (Å²) in [7, 11) is -7.16. The molecule has 98 valence electrons. The van der Waals surface area contributed by atoms with Gasteiger partial charge in [-0.25, -0.2) is 9.13 Å². The molecular weight excluding hydrogens is 287 g/mol. The van der Waals surface area contributed by atoms with Crippen molar-refractivity contribution in [3.8, 4) is 11.5 Å². The molecule has 8 nitrogen and oxygen atoms in total. The summed E-state index contributed by atoms with van der Waals surface area (Å²) in [6.07, 6.45) is 0.0666. The van der Waals surface area contributed by atoms with Crippen molar-refractivity contribution in [3.63, 3.8) is 0 Å². The SMILES string of the molecule is COc1c(O)c(S(=O)(=O)O)cc(C=O)c1P(=O)=O. The van der Waals surface area contributed by atoms with Gasteiger partial charge in [0, 0.05) is 5.56 Å². The molecule has 0 saturated heterocycles. The minimum absolute atomic E-state index is 0.0666. The van der Waals surface area contributed by atoms with Gasteiger partial charge in [0.05, 0.1) is 7.11 Å². The molecule has 0 aliphatic carbocycles. The van der Waals surface area contributed by atoms with Crippen LogP contribution in [0.15, 0.2) is 11.0 Å². The van der Waals surface area contributed by atoms with Crippen LogP contribution in [-0.4, -0.2) is 31.5 Å². The molecule has 0 saturated carbocycles. The van der Waals surface area contributed by atoms with E-state index in [-0.39, 0.29) is 6.29 Å². The van der Waals surface area contributed by atoms with Gasteiger partial charge in [-0.15, -0.1) is 0 Å². The molecule has 0 aliphatic rings. The van der Waals surface area contributed by atoms with E-state index in [1.807, 2.05) is 0 Å². The number of aldehydes is 1. The molecule has 0 bridgehead atoms. The highest BCUT2D eigenvalue weighted by Gasteiger charge is 2.27. The monoisotopic (exact) mass is 294 g/mol. The number of hydrogen-bond donors (Lipinski definition) is 2. The van der Waals surface area contributed by atoms with Crippen LogP contribution in [0.3, 0.4) is 0 Å². The standard InChI is InChI=1S/C8H7O8PS/c1-16-7-6(10)5(18(13,14)15)2-4(3-9)8(7)17(11)12/h2-3,10H,1H3,(H,13,14,15). The average molecular weight is 294 g/mol. The first kappa shape index (κ1) is 14.4. The largest absolute Gasteiger partial charge is 0.503 e. The maximum Gasteiger partial charge on any atom is 0.353 e. The average Bonchev–Trinajstić information content (AvgIpc) is 2.26. The van der Waals surface area contributed by atoms with E-state index in [9.17, 15) is 27.4 Å². The van der Waals surface area contributed by atoms with Crippen LogP contribution in [0.4, 0.5) is 0 Å². The Morgan fingerprint density at radius 2 is 1.94 bits per heavy atom. The Bertz CT molecular complexity index is 665. The van der Waals surface area contributed by atoms with Crippen LogP contribution < -0.4 is 10.0 Å². The lowest BCUT2D eigenvalue weighted by Gasteiger charge is -2.10. The van der Waals surface area contributed by atoms with Crippen LogP contribution in [0.5, 0.6) is 11.5 Å². The van der Waals surface area contributed by atoms with Crippen molar-refractivity contribution in [1.82, 2.24) is 0 Å². The van der Waals surface area contributed by atoms with Gasteiger partial charge in [-0.3, -0.25) is 9.35 Å². The maximum absolute atomic E-state index is 10.9. The lowest BCUT2D eigenvalue weighted by Crippen LogP contribution is -2.11. The summed E-state index contributed by atoms with van der Waals surface area (Å²) in [6.45, 7) is 0. The van der Waals surface area contributed by atoms with E-state index < -0.39 is 45.1 Å². The lowest BCUT2D eigenvalue weighted by molar-refractivity contribution is 0.112. The number of phenolic OH excluding ortho intramolecular Hbond substituents is 1. The molecular formula is C8H7O8PS. The van der Waals surface area contributed by atoms with Gasteiger partial charge >= 0.3 is 7.68 Å². The molecule has 1 aromatic carbocycles. The molecule has 2 N–H and O–H groups in total. The van der Waals surface area contributed by atoms with Crippen LogP contribution in [0, 0.1) is 0 Å². The molecule has 0 amide bonds. The second-order valence-electron chi connectivity index (χ2n) is 3.04. The minimum Gasteiger partial charge on any atom is -0.503 e. The zero-order valence-electron chi connectivity index (χ0n) is 8.85. The number of benzene rings is 1. The van der Waals surface area contributed by atoms with Gasteiger partial charge in [0.2, 0.25) is 0 Å². The fourth-order valence-corrected chi connectivity index (χ4v) is 2.61. The number of phenols is 1. The second-order valence-corrected chi connectivity index (χ2v) is 5.40. The molecule has 0 aliphatic heterocycles. The molecule has 1 aromatic rings. The van der Waals surface area contributed by atoms with E-state index in [0.717, 1.165) is 7.11 Å². The van der Waals surface area contributed by atoms with Crippen molar-refractivity contribution in [2.24, 2.45) is 0 Å². The maximum atomic E-state index is 10.9. The molecule has 0 atom stereocenters. The predicted octanol–water partition coefficient (Wildman–Crippen LogP) is 0.258. The van der Waals surface area contributed by atoms with Gasteiger partial charge in [0.15, 0.2) is 17.8 Å². The molecule has 0 heterocycles. The number of ether oxygens (including phenoxy) is 1. The first-order valence-corrected chi connectivity index (χ1v) is 6.86. The molecule has 0 unspecified atom stereocenters. The number of methoxy groups -OCH3 is 1. The highest BCUT2D eigenvalue weighted by molar-refractivity contribution is 7.86. The smallest absolute Gasteiger partial charge is 0.353 e. The van der Waals surface area contributed by atoms with E-state index >= 15 is 0 Å². The Morgan fingerprint density at radius 1 is 1.39 bits per heavy atom. The van der Waals surface area contributed by atoms with Crippen LogP contribution in [-0.2, 0) is 19.2 Å². The van der Waals surface area contributed by atoms with Crippen molar-refractivity contribution in [2.45, 2.75) is 4.90 Å². The Balaban J connectivity index is 3.92. The molecule has 0 radical (unpaired) electrons. The molecule has 1 rings (SSSR count). The fourth-order valence-electron chi connectivity index (χ4n) is 1.30. The Morgan fingerprint density at radius 3 is 2.28 bits per heavy atom. The van der Waals surface area contributed by atoms with Gasteiger partial charge in [0.25, 0.3) is 10.1 Å². The third-order valence-electron chi connectivity index (χ3n) is 2.02. The van der Waals surface area contributed by atoms with Crippen molar-refractivity contribution < 1.29 is 36.7 Å². The summed E-state index contributed by atoms with van der Waals surface area (Å²) < 4.78 is 57.2.